The maximum absolute atomic E-state index is 3.50. The third kappa shape index (κ3) is 2.05. The molecule has 14 heavy (non-hydrogen) atoms. The predicted octanol–water partition coefficient (Wildman–Crippen LogP) is 3.51. The summed E-state index contributed by atoms with van der Waals surface area (Å²) < 4.78 is 0. The van der Waals surface area contributed by atoms with Crippen molar-refractivity contribution in [3.63, 3.8) is 0 Å². The van der Waals surface area contributed by atoms with Gasteiger partial charge in [-0.1, -0.05) is 6.92 Å². The van der Waals surface area contributed by atoms with E-state index in [4.69, 9.17) is 0 Å². The van der Waals surface area contributed by atoms with Crippen LogP contribution in [0.4, 0.5) is 0 Å². The van der Waals surface area contributed by atoms with E-state index < -0.39 is 0 Å². The van der Waals surface area contributed by atoms with Crippen molar-refractivity contribution in [2.24, 2.45) is 0 Å². The Morgan fingerprint density at radius 1 is 1.14 bits per heavy atom. The highest BCUT2D eigenvalue weighted by Gasteiger charge is 2.12. The van der Waals surface area contributed by atoms with Crippen LogP contribution in [0, 0.1) is 0 Å². The molecule has 0 unspecified atom stereocenters. The fourth-order valence-corrected chi connectivity index (χ4v) is 2.88. The van der Waals surface area contributed by atoms with E-state index in [-0.39, 0.29) is 0 Å². The zero-order valence-corrected chi connectivity index (χ0v) is 9.70. The molecule has 0 amide bonds. The first-order valence-electron chi connectivity index (χ1n) is 4.69. The molecule has 1 nitrogen and oxygen atoms in total. The lowest BCUT2D eigenvalue weighted by molar-refractivity contribution is 0.634. The Kier molecular flexibility index (Phi) is 3.35. The zero-order valence-electron chi connectivity index (χ0n) is 8.07. The molecule has 0 saturated heterocycles. The largest absolute Gasteiger partial charge is 0.306 e. The van der Waals surface area contributed by atoms with Gasteiger partial charge in [0.05, 0.1) is 6.04 Å². The highest BCUT2D eigenvalue weighted by atomic mass is 32.1. The van der Waals surface area contributed by atoms with Gasteiger partial charge in [0.1, 0.15) is 0 Å². The van der Waals surface area contributed by atoms with Gasteiger partial charge in [0.15, 0.2) is 0 Å². The molecular formula is C11H13NS2. The summed E-state index contributed by atoms with van der Waals surface area (Å²) in [4.78, 5) is 0. The van der Waals surface area contributed by atoms with Crippen LogP contribution in [0.5, 0.6) is 0 Å². The van der Waals surface area contributed by atoms with Gasteiger partial charge in [-0.2, -0.15) is 22.7 Å². The standard InChI is InChI=1S/C11H13NS2/c1-2-12-11(9-3-5-13-7-9)10-4-6-14-8-10/h3-8,11-12H,2H2,1H3. The van der Waals surface area contributed by atoms with Crippen LogP contribution >= 0.6 is 22.7 Å². The molecule has 0 saturated carbocycles. The SMILES string of the molecule is CCNC(c1ccsc1)c1ccsc1. The molecule has 0 spiro atoms. The first-order valence-corrected chi connectivity index (χ1v) is 6.58. The summed E-state index contributed by atoms with van der Waals surface area (Å²) in [6.07, 6.45) is 0. The average Bonchev–Trinajstić information content (AvgIpc) is 2.87. The van der Waals surface area contributed by atoms with Crippen molar-refractivity contribution in [1.29, 1.82) is 0 Å². The van der Waals surface area contributed by atoms with Crippen molar-refractivity contribution in [3.8, 4) is 0 Å². The number of hydrogen-bond donors (Lipinski definition) is 1. The van der Waals surface area contributed by atoms with Gasteiger partial charge < -0.3 is 5.32 Å². The van der Waals surface area contributed by atoms with E-state index in [1.54, 1.807) is 22.7 Å². The molecular weight excluding hydrogens is 210 g/mol. The van der Waals surface area contributed by atoms with E-state index in [0.717, 1.165) is 6.54 Å². The van der Waals surface area contributed by atoms with Gasteiger partial charge in [-0.15, -0.1) is 0 Å². The van der Waals surface area contributed by atoms with Crippen LogP contribution < -0.4 is 5.32 Å². The van der Waals surface area contributed by atoms with E-state index >= 15 is 0 Å². The van der Waals surface area contributed by atoms with Crippen LogP contribution in [0.15, 0.2) is 33.7 Å². The summed E-state index contributed by atoms with van der Waals surface area (Å²) in [7, 11) is 0. The molecule has 0 bridgehead atoms. The second-order valence-electron chi connectivity index (χ2n) is 3.10. The van der Waals surface area contributed by atoms with Crippen molar-refractivity contribution >= 4 is 22.7 Å². The van der Waals surface area contributed by atoms with Crippen molar-refractivity contribution in [2.45, 2.75) is 13.0 Å². The Bertz CT molecular complexity index is 316. The summed E-state index contributed by atoms with van der Waals surface area (Å²) in [5.41, 5.74) is 2.74. The summed E-state index contributed by atoms with van der Waals surface area (Å²) >= 11 is 3.51. The minimum absolute atomic E-state index is 0.373. The van der Waals surface area contributed by atoms with Crippen LogP contribution in [0.3, 0.4) is 0 Å². The van der Waals surface area contributed by atoms with Gasteiger partial charge in [-0.25, -0.2) is 0 Å². The molecule has 74 valence electrons. The molecule has 2 rings (SSSR count). The molecule has 3 heteroatoms. The number of nitrogens with one attached hydrogen (secondary N) is 1. The Morgan fingerprint density at radius 3 is 2.07 bits per heavy atom. The second kappa shape index (κ2) is 4.73. The van der Waals surface area contributed by atoms with E-state index in [1.807, 2.05) is 0 Å². The summed E-state index contributed by atoms with van der Waals surface area (Å²) in [5, 5.41) is 12.2. The Hall–Kier alpha value is -0.640. The summed E-state index contributed by atoms with van der Waals surface area (Å²) in [6.45, 7) is 3.14. The lowest BCUT2D eigenvalue weighted by Crippen LogP contribution is -2.20. The van der Waals surface area contributed by atoms with Gasteiger partial charge in [0.2, 0.25) is 0 Å². The third-order valence-corrected chi connectivity index (χ3v) is 3.56. The molecule has 2 aromatic rings. The zero-order chi connectivity index (χ0) is 9.80. The topological polar surface area (TPSA) is 12.0 Å². The maximum Gasteiger partial charge on any atom is 0.0593 e. The highest BCUT2D eigenvalue weighted by Crippen LogP contribution is 2.25. The Morgan fingerprint density at radius 2 is 1.71 bits per heavy atom. The van der Waals surface area contributed by atoms with Crippen LogP contribution in [0.1, 0.15) is 24.1 Å². The fourth-order valence-electron chi connectivity index (χ4n) is 1.51. The van der Waals surface area contributed by atoms with Gasteiger partial charge in [-0.05, 0) is 51.3 Å². The molecule has 0 radical (unpaired) electrons. The van der Waals surface area contributed by atoms with E-state index in [1.165, 1.54) is 11.1 Å². The van der Waals surface area contributed by atoms with Crippen LogP contribution in [-0.4, -0.2) is 6.54 Å². The molecule has 2 heterocycles. The molecule has 0 atom stereocenters. The van der Waals surface area contributed by atoms with E-state index in [9.17, 15) is 0 Å². The van der Waals surface area contributed by atoms with E-state index in [0.29, 0.717) is 6.04 Å². The molecule has 0 fully saturated rings. The van der Waals surface area contributed by atoms with Gasteiger partial charge in [-0.3, -0.25) is 0 Å². The molecule has 1 N–H and O–H groups in total. The molecule has 0 aromatic carbocycles. The number of rotatable bonds is 4. The third-order valence-electron chi connectivity index (χ3n) is 2.16. The Labute approximate surface area is 92.4 Å². The molecule has 0 aliphatic carbocycles. The number of thiophene rings is 2. The van der Waals surface area contributed by atoms with Crippen molar-refractivity contribution in [2.75, 3.05) is 6.54 Å². The Balaban J connectivity index is 2.25. The average molecular weight is 223 g/mol. The molecule has 2 aromatic heterocycles. The van der Waals surface area contributed by atoms with Crippen molar-refractivity contribution < 1.29 is 0 Å². The van der Waals surface area contributed by atoms with Crippen molar-refractivity contribution in [1.82, 2.24) is 5.32 Å². The maximum atomic E-state index is 3.50. The monoisotopic (exact) mass is 223 g/mol. The van der Waals surface area contributed by atoms with Gasteiger partial charge >= 0.3 is 0 Å². The van der Waals surface area contributed by atoms with Crippen LogP contribution in [0.2, 0.25) is 0 Å². The fraction of sp³-hybridized carbons (Fsp3) is 0.273. The first-order chi connectivity index (χ1) is 6.92. The second-order valence-corrected chi connectivity index (χ2v) is 4.66. The summed E-state index contributed by atoms with van der Waals surface area (Å²) in [6, 6.07) is 4.75. The minimum Gasteiger partial charge on any atom is -0.306 e. The summed E-state index contributed by atoms with van der Waals surface area (Å²) in [5.74, 6) is 0. The quantitative estimate of drug-likeness (QED) is 0.836. The van der Waals surface area contributed by atoms with Crippen LogP contribution in [-0.2, 0) is 0 Å². The highest BCUT2D eigenvalue weighted by molar-refractivity contribution is 7.08. The predicted molar refractivity (Wildman–Crippen MR) is 64.2 cm³/mol. The van der Waals surface area contributed by atoms with E-state index in [2.05, 4.69) is 45.9 Å². The normalized spacial score (nSPS) is 11.0. The van der Waals surface area contributed by atoms with Crippen molar-refractivity contribution in [3.05, 3.63) is 44.8 Å². The first kappa shape index (κ1) is 9.90. The number of hydrogen-bond acceptors (Lipinski definition) is 3. The smallest absolute Gasteiger partial charge is 0.0593 e. The van der Waals surface area contributed by atoms with Gasteiger partial charge in [0.25, 0.3) is 0 Å². The lowest BCUT2D eigenvalue weighted by atomic mass is 10.1. The lowest BCUT2D eigenvalue weighted by Gasteiger charge is -2.15. The molecule has 0 aliphatic heterocycles. The van der Waals surface area contributed by atoms with Gasteiger partial charge in [0, 0.05) is 0 Å². The molecule has 0 aliphatic rings. The van der Waals surface area contributed by atoms with Crippen LogP contribution in [0.25, 0.3) is 0 Å². The minimum atomic E-state index is 0.373.